The van der Waals surface area contributed by atoms with Gasteiger partial charge in [-0.1, -0.05) is 19.1 Å². The molecule has 0 atom stereocenters. The van der Waals surface area contributed by atoms with E-state index in [-0.39, 0.29) is 16.2 Å². The number of aromatic nitrogens is 2. The molecule has 0 unspecified atom stereocenters. The number of H-pyrrole nitrogens is 1. The Hall–Kier alpha value is -2.15. The Bertz CT molecular complexity index is 678. The van der Waals surface area contributed by atoms with E-state index in [1.807, 2.05) is 0 Å². The van der Waals surface area contributed by atoms with Gasteiger partial charge in [0.05, 0.1) is 28.1 Å². The predicted octanol–water partition coefficient (Wildman–Crippen LogP) is 1.46. The number of anilines is 1. The van der Waals surface area contributed by atoms with Crippen molar-refractivity contribution in [2.75, 3.05) is 11.1 Å². The highest BCUT2D eigenvalue weighted by Gasteiger charge is 2.20. The zero-order valence-electron chi connectivity index (χ0n) is 10.3. The topological polar surface area (TPSA) is 91.9 Å². The highest BCUT2D eigenvalue weighted by Crippen LogP contribution is 2.18. The number of aromatic amines is 1. The Labute approximate surface area is 110 Å². The number of hydrogen-bond acceptors (Lipinski definition) is 4. The SMILES string of the molecule is CCS(=O)(=O)c1ccccc1C(=O)Nc1cn[nH]c1. The van der Waals surface area contributed by atoms with E-state index in [0.717, 1.165) is 0 Å². The van der Waals surface area contributed by atoms with E-state index >= 15 is 0 Å². The van der Waals surface area contributed by atoms with E-state index < -0.39 is 15.7 Å². The molecule has 19 heavy (non-hydrogen) atoms. The zero-order chi connectivity index (χ0) is 13.9. The number of nitrogens with one attached hydrogen (secondary N) is 2. The summed E-state index contributed by atoms with van der Waals surface area (Å²) >= 11 is 0. The first-order valence-electron chi connectivity index (χ1n) is 5.66. The van der Waals surface area contributed by atoms with Crippen LogP contribution < -0.4 is 5.32 Å². The number of sulfone groups is 1. The third kappa shape index (κ3) is 2.82. The van der Waals surface area contributed by atoms with E-state index in [1.54, 1.807) is 19.1 Å². The maximum absolute atomic E-state index is 12.1. The molecule has 1 aromatic carbocycles. The molecule has 0 aliphatic rings. The second-order valence-corrected chi connectivity index (χ2v) is 6.09. The quantitative estimate of drug-likeness (QED) is 0.886. The molecule has 1 aromatic heterocycles. The summed E-state index contributed by atoms with van der Waals surface area (Å²) in [5, 5.41) is 8.84. The second kappa shape index (κ2) is 5.23. The minimum atomic E-state index is -3.44. The van der Waals surface area contributed by atoms with Crippen LogP contribution in [-0.4, -0.2) is 30.3 Å². The molecule has 0 aliphatic heterocycles. The van der Waals surface area contributed by atoms with E-state index in [9.17, 15) is 13.2 Å². The number of nitrogens with zero attached hydrogens (tertiary/aromatic N) is 1. The molecule has 1 heterocycles. The van der Waals surface area contributed by atoms with Crippen LogP contribution in [0.1, 0.15) is 17.3 Å². The highest BCUT2D eigenvalue weighted by atomic mass is 32.2. The lowest BCUT2D eigenvalue weighted by molar-refractivity contribution is 0.102. The van der Waals surface area contributed by atoms with Crippen molar-refractivity contribution in [2.45, 2.75) is 11.8 Å². The van der Waals surface area contributed by atoms with Gasteiger partial charge >= 0.3 is 0 Å². The first kappa shape index (κ1) is 13.3. The number of rotatable bonds is 4. The van der Waals surface area contributed by atoms with Crippen molar-refractivity contribution >= 4 is 21.4 Å². The van der Waals surface area contributed by atoms with Gasteiger partial charge in [0.15, 0.2) is 9.84 Å². The molecule has 0 radical (unpaired) electrons. The molecule has 0 spiro atoms. The molecule has 0 saturated heterocycles. The molecule has 0 fully saturated rings. The minimum absolute atomic E-state index is 0.0403. The van der Waals surface area contributed by atoms with Crippen LogP contribution in [0.2, 0.25) is 0 Å². The van der Waals surface area contributed by atoms with E-state index in [0.29, 0.717) is 5.69 Å². The van der Waals surface area contributed by atoms with Crippen molar-refractivity contribution in [1.82, 2.24) is 10.2 Å². The summed E-state index contributed by atoms with van der Waals surface area (Å²) in [6, 6.07) is 6.14. The third-order valence-electron chi connectivity index (χ3n) is 2.60. The lowest BCUT2D eigenvalue weighted by Crippen LogP contribution is -2.17. The van der Waals surface area contributed by atoms with Crippen molar-refractivity contribution in [2.24, 2.45) is 0 Å². The summed E-state index contributed by atoms with van der Waals surface area (Å²) in [4.78, 5) is 12.1. The fourth-order valence-corrected chi connectivity index (χ4v) is 2.69. The van der Waals surface area contributed by atoms with Crippen LogP contribution >= 0.6 is 0 Å². The summed E-state index contributed by atoms with van der Waals surface area (Å²) < 4.78 is 23.9. The monoisotopic (exact) mass is 279 g/mol. The molecule has 0 aliphatic carbocycles. The van der Waals surface area contributed by atoms with Gasteiger partial charge in [-0.05, 0) is 12.1 Å². The average molecular weight is 279 g/mol. The maximum Gasteiger partial charge on any atom is 0.257 e. The summed E-state index contributed by atoms with van der Waals surface area (Å²) in [6.07, 6.45) is 2.95. The van der Waals surface area contributed by atoms with Crippen molar-refractivity contribution in [1.29, 1.82) is 0 Å². The first-order valence-corrected chi connectivity index (χ1v) is 7.31. The van der Waals surface area contributed by atoms with Crippen molar-refractivity contribution in [3.63, 3.8) is 0 Å². The maximum atomic E-state index is 12.1. The Kier molecular flexibility index (Phi) is 3.66. The van der Waals surface area contributed by atoms with E-state index in [1.165, 1.54) is 24.5 Å². The number of benzene rings is 1. The number of hydrogen-bond donors (Lipinski definition) is 2. The molecular formula is C12H13N3O3S. The first-order chi connectivity index (χ1) is 9.04. The Balaban J connectivity index is 2.38. The van der Waals surface area contributed by atoms with Crippen LogP contribution in [0.4, 0.5) is 5.69 Å². The molecule has 6 nitrogen and oxygen atoms in total. The zero-order valence-corrected chi connectivity index (χ0v) is 11.1. The van der Waals surface area contributed by atoms with Crippen LogP contribution in [0, 0.1) is 0 Å². The minimum Gasteiger partial charge on any atom is -0.319 e. The molecule has 1 amide bonds. The third-order valence-corrected chi connectivity index (χ3v) is 4.39. The highest BCUT2D eigenvalue weighted by molar-refractivity contribution is 7.91. The molecule has 7 heteroatoms. The van der Waals surface area contributed by atoms with Gasteiger partial charge in [-0.25, -0.2) is 8.42 Å². The van der Waals surface area contributed by atoms with E-state index in [2.05, 4.69) is 15.5 Å². The van der Waals surface area contributed by atoms with Gasteiger partial charge in [0.1, 0.15) is 0 Å². The molecule has 0 bridgehead atoms. The summed E-state index contributed by atoms with van der Waals surface area (Å²) in [5.41, 5.74) is 0.610. The lowest BCUT2D eigenvalue weighted by atomic mass is 10.2. The Morgan fingerprint density at radius 2 is 2.11 bits per heavy atom. The van der Waals surface area contributed by atoms with Gasteiger partial charge in [0.2, 0.25) is 0 Å². The van der Waals surface area contributed by atoms with Gasteiger partial charge in [-0.15, -0.1) is 0 Å². The van der Waals surface area contributed by atoms with Crippen LogP contribution in [0.25, 0.3) is 0 Å². The van der Waals surface area contributed by atoms with Crippen LogP contribution in [0.5, 0.6) is 0 Å². The standard InChI is InChI=1S/C12H13N3O3S/c1-2-19(17,18)11-6-4-3-5-10(11)12(16)15-9-7-13-14-8-9/h3-8H,2H2,1H3,(H,13,14)(H,15,16). The molecule has 2 rings (SSSR count). The summed E-state index contributed by atoms with van der Waals surface area (Å²) in [7, 11) is -3.44. The predicted molar refractivity (Wildman–Crippen MR) is 70.7 cm³/mol. The van der Waals surface area contributed by atoms with Crippen molar-refractivity contribution in [3.05, 3.63) is 42.2 Å². The van der Waals surface area contributed by atoms with Crippen molar-refractivity contribution < 1.29 is 13.2 Å². The van der Waals surface area contributed by atoms with Crippen LogP contribution in [-0.2, 0) is 9.84 Å². The molecular weight excluding hydrogens is 266 g/mol. The van der Waals surface area contributed by atoms with E-state index in [4.69, 9.17) is 0 Å². The largest absolute Gasteiger partial charge is 0.319 e. The van der Waals surface area contributed by atoms with Crippen LogP contribution in [0.3, 0.4) is 0 Å². The molecule has 2 N–H and O–H groups in total. The summed E-state index contributed by atoms with van der Waals surface area (Å²) in [5.74, 6) is -0.530. The molecule has 0 saturated carbocycles. The lowest BCUT2D eigenvalue weighted by Gasteiger charge is -2.08. The number of carbonyl (C=O) groups excluding carboxylic acids is 1. The summed E-state index contributed by atoms with van der Waals surface area (Å²) in [6.45, 7) is 1.54. The fourth-order valence-electron chi connectivity index (χ4n) is 1.60. The molecule has 2 aromatic rings. The second-order valence-electron chi connectivity index (χ2n) is 3.84. The Morgan fingerprint density at radius 1 is 1.37 bits per heavy atom. The number of carbonyl (C=O) groups is 1. The fraction of sp³-hybridized carbons (Fsp3) is 0.167. The van der Waals surface area contributed by atoms with Crippen LogP contribution in [0.15, 0.2) is 41.6 Å². The van der Waals surface area contributed by atoms with Gasteiger partial charge in [0.25, 0.3) is 5.91 Å². The van der Waals surface area contributed by atoms with Gasteiger partial charge in [0, 0.05) is 6.20 Å². The van der Waals surface area contributed by atoms with Crippen molar-refractivity contribution in [3.8, 4) is 0 Å². The average Bonchev–Trinajstić information content (AvgIpc) is 2.91. The van der Waals surface area contributed by atoms with Gasteiger partial charge in [-0.2, -0.15) is 5.10 Å². The Morgan fingerprint density at radius 3 is 2.74 bits per heavy atom. The van der Waals surface area contributed by atoms with Gasteiger partial charge in [-0.3, -0.25) is 9.89 Å². The normalized spacial score (nSPS) is 11.2. The smallest absolute Gasteiger partial charge is 0.257 e. The number of amides is 1. The van der Waals surface area contributed by atoms with Gasteiger partial charge < -0.3 is 5.32 Å². The molecule has 100 valence electrons.